The first-order valence-electron chi connectivity index (χ1n) is 12.6. The van der Waals surface area contributed by atoms with Gasteiger partial charge in [0.05, 0.1) is 31.6 Å². The summed E-state index contributed by atoms with van der Waals surface area (Å²) in [7, 11) is 0. The van der Waals surface area contributed by atoms with Crippen LogP contribution in [0.2, 0.25) is 10.0 Å². The van der Waals surface area contributed by atoms with Gasteiger partial charge in [0.1, 0.15) is 12.1 Å². The highest BCUT2D eigenvalue weighted by Gasteiger charge is 2.19. The number of hydrogen-bond acceptors (Lipinski definition) is 8. The number of oxazole rings is 1. The maximum atomic E-state index is 13.8. The van der Waals surface area contributed by atoms with Gasteiger partial charge in [-0.05, 0) is 42.0 Å². The van der Waals surface area contributed by atoms with Gasteiger partial charge in [-0.15, -0.1) is 0 Å². The molecule has 0 amide bonds. The summed E-state index contributed by atoms with van der Waals surface area (Å²) in [6.07, 6.45) is 1.55. The van der Waals surface area contributed by atoms with E-state index in [-0.39, 0.29) is 29.5 Å². The summed E-state index contributed by atoms with van der Waals surface area (Å²) in [4.78, 5) is 33.7. The molecule has 10 nitrogen and oxygen atoms in total. The van der Waals surface area contributed by atoms with Gasteiger partial charge in [-0.3, -0.25) is 14.9 Å². The number of halogens is 2. The van der Waals surface area contributed by atoms with Crippen LogP contribution in [0.25, 0.3) is 16.9 Å². The Bertz CT molecular complexity index is 2000. The van der Waals surface area contributed by atoms with Crippen LogP contribution in [0.15, 0.2) is 106 Å². The molecule has 0 spiro atoms. The number of aromatic nitrogens is 3. The van der Waals surface area contributed by atoms with E-state index in [9.17, 15) is 14.9 Å². The standard InChI is InChI=1S/C30H20Cl2N6O4/c31-22-11-6-12-23(32)28(22)35-24-13-3-1-7-18(24)15-27-34-25-14-4-2-10-21(25)29(39)37(27)30-36-26(17-42-30)33-19-8-5-9-20(16-19)38(40)41/h1-14,16-17,33,35H,15H2. The van der Waals surface area contributed by atoms with Gasteiger partial charge in [0.25, 0.3) is 11.2 Å². The van der Waals surface area contributed by atoms with Crippen molar-refractivity contribution >= 4 is 62.7 Å². The molecule has 0 bridgehead atoms. The molecular formula is C30H20Cl2N6O4. The van der Waals surface area contributed by atoms with Gasteiger partial charge in [-0.25, -0.2) is 9.55 Å². The molecule has 2 aromatic heterocycles. The van der Waals surface area contributed by atoms with E-state index in [2.05, 4.69) is 15.6 Å². The quantitative estimate of drug-likeness (QED) is 0.135. The highest BCUT2D eigenvalue weighted by atomic mass is 35.5. The van der Waals surface area contributed by atoms with Crippen molar-refractivity contribution in [1.29, 1.82) is 0 Å². The van der Waals surface area contributed by atoms with Crippen molar-refractivity contribution in [2.75, 3.05) is 10.6 Å². The first kappa shape index (κ1) is 27.0. The van der Waals surface area contributed by atoms with Crippen molar-refractivity contribution in [3.05, 3.63) is 139 Å². The minimum absolute atomic E-state index is 0.0132. The molecule has 42 heavy (non-hydrogen) atoms. The third kappa shape index (κ3) is 5.40. The maximum absolute atomic E-state index is 13.8. The number of rotatable bonds is 8. The fourth-order valence-electron chi connectivity index (χ4n) is 4.48. The van der Waals surface area contributed by atoms with Crippen molar-refractivity contribution in [2.45, 2.75) is 6.42 Å². The first-order valence-corrected chi connectivity index (χ1v) is 13.4. The number of benzene rings is 4. The van der Waals surface area contributed by atoms with E-state index < -0.39 is 4.92 Å². The van der Waals surface area contributed by atoms with Gasteiger partial charge < -0.3 is 15.1 Å². The number of hydrogen-bond donors (Lipinski definition) is 2. The van der Waals surface area contributed by atoms with E-state index in [1.54, 1.807) is 48.5 Å². The lowest BCUT2D eigenvalue weighted by molar-refractivity contribution is -0.384. The Kier molecular flexibility index (Phi) is 7.30. The molecular weight excluding hydrogens is 579 g/mol. The van der Waals surface area contributed by atoms with Crippen molar-refractivity contribution in [3.8, 4) is 6.01 Å². The maximum Gasteiger partial charge on any atom is 0.312 e. The molecule has 6 aromatic rings. The normalized spacial score (nSPS) is 11.0. The van der Waals surface area contributed by atoms with Crippen LogP contribution in [0.4, 0.5) is 28.6 Å². The molecule has 0 aliphatic carbocycles. The predicted molar refractivity (Wildman–Crippen MR) is 163 cm³/mol. The zero-order chi connectivity index (χ0) is 29.2. The number of para-hydroxylation sites is 3. The summed E-state index contributed by atoms with van der Waals surface area (Å²) < 4.78 is 7.05. The number of anilines is 4. The second-order valence-electron chi connectivity index (χ2n) is 9.19. The third-order valence-electron chi connectivity index (χ3n) is 6.45. The Balaban J connectivity index is 1.41. The van der Waals surface area contributed by atoms with Crippen molar-refractivity contribution in [2.24, 2.45) is 0 Å². The van der Waals surface area contributed by atoms with Crippen molar-refractivity contribution in [3.63, 3.8) is 0 Å². The Morgan fingerprint density at radius 3 is 2.43 bits per heavy atom. The van der Waals surface area contributed by atoms with E-state index in [1.165, 1.54) is 23.0 Å². The van der Waals surface area contributed by atoms with E-state index in [4.69, 9.17) is 32.6 Å². The summed E-state index contributed by atoms with van der Waals surface area (Å²) in [6, 6.07) is 25.8. The molecule has 12 heteroatoms. The summed E-state index contributed by atoms with van der Waals surface area (Å²) in [5.74, 6) is 0.633. The molecule has 0 aliphatic rings. The number of nitrogens with zero attached hydrogens (tertiary/aromatic N) is 4. The highest BCUT2D eigenvalue weighted by Crippen LogP contribution is 2.34. The molecule has 0 fully saturated rings. The van der Waals surface area contributed by atoms with Crippen molar-refractivity contribution < 1.29 is 9.34 Å². The number of nitro groups is 1. The van der Waals surface area contributed by atoms with Crippen LogP contribution in [0.5, 0.6) is 0 Å². The van der Waals surface area contributed by atoms with Gasteiger partial charge in [0.2, 0.25) is 0 Å². The molecule has 0 unspecified atom stereocenters. The van der Waals surface area contributed by atoms with Crippen LogP contribution in [-0.4, -0.2) is 19.5 Å². The van der Waals surface area contributed by atoms with Gasteiger partial charge in [0, 0.05) is 29.9 Å². The molecule has 6 rings (SSSR count). The van der Waals surface area contributed by atoms with Crippen molar-refractivity contribution in [1.82, 2.24) is 14.5 Å². The molecule has 0 saturated heterocycles. The minimum atomic E-state index is -0.488. The number of nitrogens with one attached hydrogen (secondary N) is 2. The molecule has 0 saturated carbocycles. The average Bonchev–Trinajstić information content (AvgIpc) is 3.44. The molecule has 208 valence electrons. The molecule has 0 atom stereocenters. The van der Waals surface area contributed by atoms with Crippen LogP contribution in [0.3, 0.4) is 0 Å². The lowest BCUT2D eigenvalue weighted by Gasteiger charge is -2.16. The summed E-state index contributed by atoms with van der Waals surface area (Å²) in [5, 5.41) is 18.8. The summed E-state index contributed by atoms with van der Waals surface area (Å²) in [5.41, 5.74) is 2.61. The fraction of sp³-hybridized carbons (Fsp3) is 0.0333. The predicted octanol–water partition coefficient (Wildman–Crippen LogP) is 7.67. The lowest BCUT2D eigenvalue weighted by Crippen LogP contribution is -2.24. The van der Waals surface area contributed by atoms with Gasteiger partial charge in [-0.1, -0.05) is 65.7 Å². The van der Waals surface area contributed by atoms with Gasteiger partial charge in [0.15, 0.2) is 5.82 Å². The SMILES string of the molecule is O=c1c2ccccc2nc(Cc2ccccc2Nc2c(Cl)cccc2Cl)n1-c1nc(Nc2cccc([N+](=O)[O-])c2)co1. The summed E-state index contributed by atoms with van der Waals surface area (Å²) in [6.45, 7) is 0. The van der Waals surface area contributed by atoms with Crippen LogP contribution in [0, 0.1) is 10.1 Å². The average molecular weight is 599 g/mol. The Labute approximate surface area is 248 Å². The number of fused-ring (bicyclic) bond motifs is 1. The third-order valence-corrected chi connectivity index (χ3v) is 7.08. The molecule has 0 radical (unpaired) electrons. The topological polar surface area (TPSA) is 128 Å². The Morgan fingerprint density at radius 2 is 1.62 bits per heavy atom. The summed E-state index contributed by atoms with van der Waals surface area (Å²) >= 11 is 12.8. The zero-order valence-corrected chi connectivity index (χ0v) is 23.1. The van der Waals surface area contributed by atoms with Gasteiger partial charge >= 0.3 is 6.01 Å². The Morgan fingerprint density at radius 1 is 0.881 bits per heavy atom. The van der Waals surface area contributed by atoms with E-state index >= 15 is 0 Å². The molecule has 2 N–H and O–H groups in total. The largest absolute Gasteiger partial charge is 0.429 e. The van der Waals surface area contributed by atoms with Crippen LogP contribution in [0.1, 0.15) is 11.4 Å². The second kappa shape index (κ2) is 11.4. The first-order chi connectivity index (χ1) is 20.4. The highest BCUT2D eigenvalue weighted by molar-refractivity contribution is 6.39. The van der Waals surface area contributed by atoms with Crippen LogP contribution >= 0.6 is 23.2 Å². The van der Waals surface area contributed by atoms with E-state index in [1.807, 2.05) is 30.3 Å². The fourth-order valence-corrected chi connectivity index (χ4v) is 4.97. The van der Waals surface area contributed by atoms with Gasteiger partial charge in [-0.2, -0.15) is 4.98 Å². The zero-order valence-electron chi connectivity index (χ0n) is 21.6. The second-order valence-corrected chi connectivity index (χ2v) is 10.0. The van der Waals surface area contributed by atoms with Crippen LogP contribution < -0.4 is 16.2 Å². The smallest absolute Gasteiger partial charge is 0.312 e. The van der Waals surface area contributed by atoms with E-state index in [0.29, 0.717) is 38.1 Å². The molecule has 4 aromatic carbocycles. The number of nitro benzene ring substituents is 1. The monoisotopic (exact) mass is 598 g/mol. The van der Waals surface area contributed by atoms with E-state index in [0.717, 1.165) is 11.3 Å². The molecule has 0 aliphatic heterocycles. The molecule has 2 heterocycles. The Hall–Kier alpha value is -5.19. The lowest BCUT2D eigenvalue weighted by atomic mass is 10.1. The van der Waals surface area contributed by atoms with Crippen LogP contribution in [-0.2, 0) is 6.42 Å². The minimum Gasteiger partial charge on any atom is -0.429 e. The number of non-ortho nitro benzene ring substituents is 1.